The number of rotatable bonds is 5. The van der Waals surface area contributed by atoms with Crippen molar-refractivity contribution in [3.8, 4) is 0 Å². The van der Waals surface area contributed by atoms with E-state index in [1.54, 1.807) is 0 Å². The Kier molecular flexibility index (Phi) is 5.94. The van der Waals surface area contributed by atoms with Crippen LogP contribution < -0.4 is 10.6 Å². The summed E-state index contributed by atoms with van der Waals surface area (Å²) >= 11 is 0. The average Bonchev–Trinajstić information content (AvgIpc) is 1.98. The number of nitrogens with zero attached hydrogens (tertiary/aromatic N) is 1. The molecule has 0 saturated carbocycles. The van der Waals surface area contributed by atoms with Gasteiger partial charge < -0.3 is 15.5 Å². The topological polar surface area (TPSA) is 27.3 Å². The third kappa shape index (κ3) is 9.13. The van der Waals surface area contributed by atoms with Crippen LogP contribution in [0.5, 0.6) is 0 Å². The Morgan fingerprint density at radius 2 is 1.12 bits per heavy atom. The van der Waals surface area contributed by atoms with Crippen molar-refractivity contribution in [1.82, 2.24) is 15.5 Å². The molecule has 3 heteroatoms. The van der Waals surface area contributed by atoms with E-state index in [4.69, 9.17) is 0 Å². The Hall–Kier alpha value is -0.120. The molecule has 0 aromatic rings. The Labute approximate surface area is 102 Å². The van der Waals surface area contributed by atoms with Gasteiger partial charge in [0, 0.05) is 30.2 Å². The minimum Gasteiger partial charge on any atom is -0.310 e. The van der Waals surface area contributed by atoms with E-state index in [9.17, 15) is 0 Å². The molecule has 2 N–H and O–H groups in total. The standard InChI is InChI=1S/C13H31N3/c1-12(2,3)14-9-11(16(7)8)10-15-13(4,5)6/h11,14-15H,9-10H2,1-8H3. The van der Waals surface area contributed by atoms with E-state index in [2.05, 4.69) is 71.2 Å². The Balaban J connectivity index is 4.09. The molecule has 0 aliphatic rings. The minimum absolute atomic E-state index is 0.190. The molecule has 0 aromatic heterocycles. The predicted molar refractivity (Wildman–Crippen MR) is 73.0 cm³/mol. The number of hydrogen-bond acceptors (Lipinski definition) is 3. The van der Waals surface area contributed by atoms with Crippen LogP contribution in [-0.2, 0) is 0 Å². The maximum absolute atomic E-state index is 3.56. The van der Waals surface area contributed by atoms with E-state index in [1.165, 1.54) is 0 Å². The first-order chi connectivity index (χ1) is 7.01. The van der Waals surface area contributed by atoms with Gasteiger partial charge in [0.25, 0.3) is 0 Å². The molecule has 0 aromatic carbocycles. The zero-order chi connectivity index (χ0) is 13.0. The quantitative estimate of drug-likeness (QED) is 0.751. The van der Waals surface area contributed by atoms with E-state index in [0.29, 0.717) is 6.04 Å². The highest BCUT2D eigenvalue weighted by molar-refractivity contribution is 4.81. The number of likely N-dealkylation sites (N-methyl/N-ethyl adjacent to an activating group) is 1. The summed E-state index contributed by atoms with van der Waals surface area (Å²) in [7, 11) is 4.28. The number of hydrogen-bond donors (Lipinski definition) is 2. The van der Waals surface area contributed by atoms with Crippen LogP contribution in [0.25, 0.3) is 0 Å². The fraction of sp³-hybridized carbons (Fsp3) is 1.00. The molecule has 3 nitrogen and oxygen atoms in total. The van der Waals surface area contributed by atoms with Gasteiger partial charge in [-0.3, -0.25) is 0 Å². The summed E-state index contributed by atoms with van der Waals surface area (Å²) in [5.41, 5.74) is 0.381. The molecule has 0 atom stereocenters. The van der Waals surface area contributed by atoms with Gasteiger partial charge in [-0.2, -0.15) is 0 Å². The number of nitrogens with one attached hydrogen (secondary N) is 2. The van der Waals surface area contributed by atoms with Crippen molar-refractivity contribution in [2.45, 2.75) is 58.7 Å². The van der Waals surface area contributed by atoms with E-state index < -0.39 is 0 Å². The van der Waals surface area contributed by atoms with Crippen molar-refractivity contribution in [2.24, 2.45) is 0 Å². The molecule has 0 amide bonds. The second-order valence-electron chi connectivity index (χ2n) is 6.88. The molecule has 0 saturated heterocycles. The van der Waals surface area contributed by atoms with Gasteiger partial charge in [0.2, 0.25) is 0 Å². The first-order valence-corrected chi connectivity index (χ1v) is 6.18. The monoisotopic (exact) mass is 229 g/mol. The first-order valence-electron chi connectivity index (χ1n) is 6.18. The van der Waals surface area contributed by atoms with E-state index >= 15 is 0 Å². The second-order valence-corrected chi connectivity index (χ2v) is 6.88. The van der Waals surface area contributed by atoms with Crippen LogP contribution >= 0.6 is 0 Å². The summed E-state index contributed by atoms with van der Waals surface area (Å²) in [6, 6.07) is 0.526. The maximum Gasteiger partial charge on any atom is 0.0339 e. The smallest absolute Gasteiger partial charge is 0.0339 e. The largest absolute Gasteiger partial charge is 0.310 e. The van der Waals surface area contributed by atoms with Crippen molar-refractivity contribution in [3.05, 3.63) is 0 Å². The lowest BCUT2D eigenvalue weighted by Crippen LogP contribution is -2.52. The Morgan fingerprint density at radius 3 is 1.31 bits per heavy atom. The SMILES string of the molecule is CN(C)C(CNC(C)(C)C)CNC(C)(C)C. The summed E-state index contributed by atoms with van der Waals surface area (Å²) < 4.78 is 0. The van der Waals surface area contributed by atoms with Crippen LogP contribution in [0.15, 0.2) is 0 Å². The molecule has 0 aliphatic heterocycles. The minimum atomic E-state index is 0.190. The molecular formula is C13H31N3. The van der Waals surface area contributed by atoms with Gasteiger partial charge in [-0.05, 0) is 55.6 Å². The molecule has 16 heavy (non-hydrogen) atoms. The van der Waals surface area contributed by atoms with E-state index in [-0.39, 0.29) is 11.1 Å². The highest BCUT2D eigenvalue weighted by Gasteiger charge is 2.18. The second kappa shape index (κ2) is 5.99. The van der Waals surface area contributed by atoms with Gasteiger partial charge in [0.05, 0.1) is 0 Å². The Bertz CT molecular complexity index is 168. The summed E-state index contributed by atoms with van der Waals surface area (Å²) in [6.45, 7) is 15.3. The van der Waals surface area contributed by atoms with Crippen LogP contribution in [0.3, 0.4) is 0 Å². The maximum atomic E-state index is 3.56. The third-order valence-corrected chi connectivity index (χ3v) is 2.47. The lowest BCUT2D eigenvalue weighted by atomic mass is 10.1. The van der Waals surface area contributed by atoms with Crippen molar-refractivity contribution in [1.29, 1.82) is 0 Å². The van der Waals surface area contributed by atoms with Gasteiger partial charge in [-0.25, -0.2) is 0 Å². The highest BCUT2D eigenvalue weighted by atomic mass is 15.2. The lowest BCUT2D eigenvalue weighted by Gasteiger charge is -2.32. The van der Waals surface area contributed by atoms with E-state index in [1.807, 2.05) is 0 Å². The van der Waals surface area contributed by atoms with Crippen molar-refractivity contribution < 1.29 is 0 Å². The summed E-state index contributed by atoms with van der Waals surface area (Å²) in [6.07, 6.45) is 0. The summed E-state index contributed by atoms with van der Waals surface area (Å²) in [5, 5.41) is 7.12. The van der Waals surface area contributed by atoms with Crippen LogP contribution in [0.2, 0.25) is 0 Å². The van der Waals surface area contributed by atoms with Gasteiger partial charge in [-0.15, -0.1) is 0 Å². The molecule has 0 rings (SSSR count). The fourth-order valence-corrected chi connectivity index (χ4v) is 1.29. The molecule has 0 radical (unpaired) electrons. The van der Waals surface area contributed by atoms with Crippen LogP contribution in [0.1, 0.15) is 41.5 Å². The van der Waals surface area contributed by atoms with Crippen LogP contribution in [0.4, 0.5) is 0 Å². The fourth-order valence-electron chi connectivity index (χ4n) is 1.29. The highest BCUT2D eigenvalue weighted by Crippen LogP contribution is 2.03. The van der Waals surface area contributed by atoms with Gasteiger partial charge >= 0.3 is 0 Å². The van der Waals surface area contributed by atoms with E-state index in [0.717, 1.165) is 13.1 Å². The predicted octanol–water partition coefficient (Wildman–Crippen LogP) is 1.69. The molecule has 0 unspecified atom stereocenters. The van der Waals surface area contributed by atoms with Gasteiger partial charge in [0.1, 0.15) is 0 Å². The molecule has 98 valence electrons. The van der Waals surface area contributed by atoms with Gasteiger partial charge in [0.15, 0.2) is 0 Å². The molecule has 0 spiro atoms. The third-order valence-electron chi connectivity index (χ3n) is 2.47. The first kappa shape index (κ1) is 15.9. The van der Waals surface area contributed by atoms with Crippen LogP contribution in [-0.4, -0.2) is 49.2 Å². The van der Waals surface area contributed by atoms with Crippen LogP contribution in [0, 0.1) is 0 Å². The zero-order valence-electron chi connectivity index (χ0n) is 12.4. The molecule has 0 aliphatic carbocycles. The van der Waals surface area contributed by atoms with Crippen molar-refractivity contribution in [3.63, 3.8) is 0 Å². The van der Waals surface area contributed by atoms with Crippen molar-refractivity contribution >= 4 is 0 Å². The van der Waals surface area contributed by atoms with Gasteiger partial charge in [-0.1, -0.05) is 0 Å². The zero-order valence-corrected chi connectivity index (χ0v) is 12.4. The summed E-state index contributed by atoms with van der Waals surface area (Å²) in [4.78, 5) is 2.28. The molecule has 0 fully saturated rings. The molecular weight excluding hydrogens is 198 g/mol. The lowest BCUT2D eigenvalue weighted by molar-refractivity contribution is 0.238. The molecule has 0 bridgehead atoms. The average molecular weight is 229 g/mol. The Morgan fingerprint density at radius 1 is 0.812 bits per heavy atom. The summed E-state index contributed by atoms with van der Waals surface area (Å²) in [5.74, 6) is 0. The molecule has 0 heterocycles. The van der Waals surface area contributed by atoms with Crippen molar-refractivity contribution in [2.75, 3.05) is 27.2 Å². The normalized spacial score (nSPS) is 13.9.